The molecule has 0 spiro atoms. The van der Waals surface area contributed by atoms with Crippen molar-refractivity contribution in [3.8, 4) is 0 Å². The van der Waals surface area contributed by atoms with E-state index in [1.807, 2.05) is 17.0 Å². The lowest BCUT2D eigenvalue weighted by Crippen LogP contribution is -2.40. The van der Waals surface area contributed by atoms with Crippen LogP contribution in [-0.4, -0.2) is 15.6 Å². The monoisotopic (exact) mass is 309 g/mol. The summed E-state index contributed by atoms with van der Waals surface area (Å²) in [7, 11) is 0. The first-order valence-corrected chi connectivity index (χ1v) is 8.98. The Balaban J connectivity index is 2.23. The molecule has 22 heavy (non-hydrogen) atoms. The Morgan fingerprint density at radius 3 is 2.18 bits per heavy atom. The topological polar surface area (TPSA) is 46.1 Å². The van der Waals surface area contributed by atoms with E-state index in [0.717, 1.165) is 25.2 Å². The number of hydrogen-bond donors (Lipinski definition) is 1. The van der Waals surface area contributed by atoms with Crippen LogP contribution in [0.3, 0.4) is 0 Å². The SMILES string of the molecule is CCCCCCCCCCCc1n(CC)cc[n+]1CC(=O)O. The molecule has 0 aliphatic rings. The van der Waals surface area contributed by atoms with E-state index < -0.39 is 5.97 Å². The van der Waals surface area contributed by atoms with Crippen molar-refractivity contribution < 1.29 is 14.5 Å². The number of carboxylic acid groups (broad SMARTS) is 1. The zero-order valence-electron chi connectivity index (χ0n) is 14.4. The minimum atomic E-state index is -0.771. The number of aryl methyl sites for hydroxylation is 1. The summed E-state index contributed by atoms with van der Waals surface area (Å²) >= 11 is 0. The van der Waals surface area contributed by atoms with Crippen LogP contribution >= 0.6 is 0 Å². The van der Waals surface area contributed by atoms with Crippen LogP contribution in [0.4, 0.5) is 0 Å². The van der Waals surface area contributed by atoms with Crippen LogP contribution < -0.4 is 4.57 Å². The first kappa shape index (κ1) is 18.7. The van der Waals surface area contributed by atoms with E-state index >= 15 is 0 Å². The van der Waals surface area contributed by atoms with Crippen LogP contribution in [0.1, 0.15) is 77.5 Å². The van der Waals surface area contributed by atoms with E-state index in [9.17, 15) is 4.79 Å². The third-order valence-electron chi connectivity index (χ3n) is 4.24. The van der Waals surface area contributed by atoms with E-state index in [-0.39, 0.29) is 6.54 Å². The number of rotatable bonds is 13. The summed E-state index contributed by atoms with van der Waals surface area (Å²) in [5.41, 5.74) is 0. The fourth-order valence-electron chi connectivity index (χ4n) is 2.96. The average Bonchev–Trinajstić information content (AvgIpc) is 2.87. The Hall–Kier alpha value is -1.32. The predicted molar refractivity (Wildman–Crippen MR) is 88.9 cm³/mol. The van der Waals surface area contributed by atoms with Gasteiger partial charge in [-0.15, -0.1) is 0 Å². The van der Waals surface area contributed by atoms with Crippen molar-refractivity contribution in [2.45, 2.75) is 91.1 Å². The Morgan fingerprint density at radius 2 is 1.64 bits per heavy atom. The van der Waals surface area contributed by atoms with Crippen LogP contribution in [0, 0.1) is 0 Å². The number of hydrogen-bond acceptors (Lipinski definition) is 1. The molecular weight excluding hydrogens is 276 g/mol. The van der Waals surface area contributed by atoms with Gasteiger partial charge in [-0.1, -0.05) is 58.3 Å². The van der Waals surface area contributed by atoms with Gasteiger partial charge in [0.1, 0.15) is 12.4 Å². The second kappa shape index (κ2) is 11.3. The van der Waals surface area contributed by atoms with Gasteiger partial charge in [0.05, 0.1) is 6.54 Å². The minimum absolute atomic E-state index is 0.0692. The van der Waals surface area contributed by atoms with Crippen LogP contribution in [0.25, 0.3) is 0 Å². The van der Waals surface area contributed by atoms with Gasteiger partial charge in [0.2, 0.25) is 0 Å². The van der Waals surface area contributed by atoms with E-state index in [1.54, 1.807) is 0 Å². The molecular formula is C18H33N2O2+. The number of unbranched alkanes of at least 4 members (excludes halogenated alkanes) is 8. The zero-order valence-corrected chi connectivity index (χ0v) is 14.4. The van der Waals surface area contributed by atoms with Gasteiger partial charge in [-0.3, -0.25) is 0 Å². The summed E-state index contributed by atoms with van der Waals surface area (Å²) in [5.74, 6) is 0.375. The van der Waals surface area contributed by atoms with E-state index in [0.29, 0.717) is 0 Å². The minimum Gasteiger partial charge on any atom is -0.478 e. The fraction of sp³-hybridized carbons (Fsp3) is 0.778. The maximum absolute atomic E-state index is 10.9. The normalized spacial score (nSPS) is 11.0. The molecule has 4 nitrogen and oxygen atoms in total. The molecule has 1 aromatic rings. The van der Waals surface area contributed by atoms with Crippen LogP contribution in [0.5, 0.6) is 0 Å². The molecule has 0 fully saturated rings. The summed E-state index contributed by atoms with van der Waals surface area (Å²) in [6.45, 7) is 5.33. The molecule has 4 heteroatoms. The smallest absolute Gasteiger partial charge is 0.346 e. The van der Waals surface area contributed by atoms with Gasteiger partial charge in [-0.05, 0) is 13.3 Å². The van der Waals surface area contributed by atoms with Crippen molar-refractivity contribution >= 4 is 5.97 Å². The Labute approximate surface area is 135 Å². The van der Waals surface area contributed by atoms with E-state index in [1.165, 1.54) is 51.4 Å². The summed E-state index contributed by atoms with van der Waals surface area (Å²) < 4.78 is 4.03. The van der Waals surface area contributed by atoms with Gasteiger partial charge >= 0.3 is 5.97 Å². The fourth-order valence-corrected chi connectivity index (χ4v) is 2.96. The molecule has 0 saturated heterocycles. The number of aliphatic carboxylic acids is 1. The first-order valence-electron chi connectivity index (χ1n) is 8.98. The maximum Gasteiger partial charge on any atom is 0.346 e. The van der Waals surface area contributed by atoms with Crippen LogP contribution in [0.15, 0.2) is 12.4 Å². The quantitative estimate of drug-likeness (QED) is 0.443. The molecule has 0 unspecified atom stereocenters. The first-order chi connectivity index (χ1) is 10.7. The van der Waals surface area contributed by atoms with Crippen LogP contribution in [0.2, 0.25) is 0 Å². The van der Waals surface area contributed by atoms with Crippen molar-refractivity contribution in [1.82, 2.24) is 4.57 Å². The zero-order chi connectivity index (χ0) is 16.2. The van der Waals surface area contributed by atoms with Crippen molar-refractivity contribution in [2.75, 3.05) is 0 Å². The highest BCUT2D eigenvalue weighted by Gasteiger charge is 2.17. The van der Waals surface area contributed by atoms with Crippen molar-refractivity contribution in [1.29, 1.82) is 0 Å². The van der Waals surface area contributed by atoms with Crippen molar-refractivity contribution in [3.63, 3.8) is 0 Å². The molecule has 126 valence electrons. The molecule has 1 rings (SSSR count). The van der Waals surface area contributed by atoms with Gasteiger partial charge in [-0.2, -0.15) is 0 Å². The molecule has 1 aromatic heterocycles. The molecule has 0 bridgehead atoms. The summed E-state index contributed by atoms with van der Waals surface area (Å²) in [5, 5.41) is 8.97. The Kier molecular flexibility index (Phi) is 9.60. The number of carboxylic acids is 1. The number of imidazole rings is 1. The largest absolute Gasteiger partial charge is 0.478 e. The summed E-state index contributed by atoms with van der Waals surface area (Å²) in [6.07, 6.45) is 16.7. The van der Waals surface area contributed by atoms with Crippen molar-refractivity contribution in [3.05, 3.63) is 18.2 Å². The van der Waals surface area contributed by atoms with E-state index in [4.69, 9.17) is 5.11 Å². The predicted octanol–water partition coefficient (Wildman–Crippen LogP) is 3.95. The molecule has 0 amide bonds. The average molecular weight is 309 g/mol. The number of carbonyl (C=O) groups is 1. The molecule has 0 saturated carbocycles. The highest BCUT2D eigenvalue weighted by molar-refractivity contribution is 5.64. The van der Waals surface area contributed by atoms with Gasteiger partial charge < -0.3 is 5.11 Å². The van der Waals surface area contributed by atoms with Gasteiger partial charge in [-0.25, -0.2) is 13.9 Å². The summed E-state index contributed by atoms with van der Waals surface area (Å²) in [6, 6.07) is 0. The van der Waals surface area contributed by atoms with Crippen LogP contribution in [-0.2, 0) is 24.3 Å². The lowest BCUT2D eigenvalue weighted by Gasteiger charge is -2.04. The molecule has 1 N–H and O–H groups in total. The van der Waals surface area contributed by atoms with Gasteiger partial charge in [0.15, 0.2) is 6.54 Å². The number of aromatic nitrogens is 2. The highest BCUT2D eigenvalue weighted by Crippen LogP contribution is 2.11. The third kappa shape index (κ3) is 7.10. The molecule has 0 aliphatic carbocycles. The van der Waals surface area contributed by atoms with E-state index in [2.05, 4.69) is 18.4 Å². The Morgan fingerprint density at radius 1 is 1.05 bits per heavy atom. The molecule has 0 aromatic carbocycles. The second-order valence-corrected chi connectivity index (χ2v) is 6.10. The highest BCUT2D eigenvalue weighted by atomic mass is 16.4. The molecule has 0 radical (unpaired) electrons. The standard InChI is InChI=1S/C18H32N2O2/c1-3-5-6-7-8-9-10-11-12-13-17-19(4-2)14-15-20(17)16-18(21)22/h14-15H,3-13,16H2,1-2H3/p+1. The lowest BCUT2D eigenvalue weighted by atomic mass is 10.1. The third-order valence-corrected chi connectivity index (χ3v) is 4.24. The van der Waals surface area contributed by atoms with Crippen molar-refractivity contribution in [2.24, 2.45) is 0 Å². The Bertz CT molecular complexity index is 427. The van der Waals surface area contributed by atoms with Gasteiger partial charge in [0.25, 0.3) is 5.82 Å². The lowest BCUT2D eigenvalue weighted by molar-refractivity contribution is -0.692. The van der Waals surface area contributed by atoms with Gasteiger partial charge in [0, 0.05) is 6.42 Å². The molecule has 0 atom stereocenters. The second-order valence-electron chi connectivity index (χ2n) is 6.10. The molecule has 0 aliphatic heterocycles. The molecule has 1 heterocycles. The summed E-state index contributed by atoms with van der Waals surface area (Å²) in [4.78, 5) is 10.9. The number of nitrogens with zero attached hydrogens (tertiary/aromatic N) is 2. The maximum atomic E-state index is 10.9.